The van der Waals surface area contributed by atoms with E-state index in [1.165, 1.54) is 48.1 Å². The predicted molar refractivity (Wildman–Crippen MR) is 125 cm³/mol. The minimum atomic E-state index is 0.291. The Morgan fingerprint density at radius 3 is 2.63 bits per heavy atom. The van der Waals surface area contributed by atoms with Gasteiger partial charge in [0, 0.05) is 0 Å². The molecule has 0 aliphatic heterocycles. The van der Waals surface area contributed by atoms with E-state index in [1.807, 2.05) is 0 Å². The maximum atomic E-state index is 4.77. The predicted octanol–water partition coefficient (Wildman–Crippen LogP) is 6.81. The summed E-state index contributed by atoms with van der Waals surface area (Å²) < 4.78 is 2.13. The normalized spacial score (nSPS) is 23.6. The third kappa shape index (κ3) is 3.43. The quantitative estimate of drug-likeness (QED) is 0.463. The lowest BCUT2D eigenvalue weighted by Gasteiger charge is -2.37. The molecule has 3 aromatic rings. The molecule has 2 aromatic carbocycles. The topological polar surface area (TPSA) is 17.8 Å². The number of rotatable bonds is 5. The first-order chi connectivity index (χ1) is 14.5. The first-order valence-electron chi connectivity index (χ1n) is 11.4. The molecule has 2 aliphatic carbocycles. The van der Waals surface area contributed by atoms with Crippen molar-refractivity contribution in [2.45, 2.75) is 52.9 Å². The number of nitrogens with zero attached hydrogens (tertiary/aromatic N) is 2. The zero-order chi connectivity index (χ0) is 20.7. The highest BCUT2D eigenvalue weighted by atomic mass is 15.3. The molecule has 30 heavy (non-hydrogen) atoms. The van der Waals surface area contributed by atoms with Crippen molar-refractivity contribution < 1.29 is 0 Å². The Bertz CT molecular complexity index is 1060. The molecule has 2 heteroatoms. The van der Waals surface area contributed by atoms with Crippen LogP contribution in [0, 0.1) is 24.2 Å². The van der Waals surface area contributed by atoms with Crippen LogP contribution >= 0.6 is 0 Å². The molecule has 1 aromatic heterocycles. The van der Waals surface area contributed by atoms with Gasteiger partial charge in [0.1, 0.15) is 0 Å². The molecule has 1 fully saturated rings. The van der Waals surface area contributed by atoms with Gasteiger partial charge in [-0.25, -0.2) is 4.68 Å². The Balaban J connectivity index is 1.37. The van der Waals surface area contributed by atoms with E-state index in [0.29, 0.717) is 11.3 Å². The van der Waals surface area contributed by atoms with Crippen molar-refractivity contribution in [1.82, 2.24) is 9.78 Å². The molecule has 0 saturated heterocycles. The molecule has 154 valence electrons. The van der Waals surface area contributed by atoms with Gasteiger partial charge in [-0.15, -0.1) is 0 Å². The van der Waals surface area contributed by atoms with Crippen LogP contribution in [0.15, 0.2) is 66.4 Å². The summed E-state index contributed by atoms with van der Waals surface area (Å²) >= 11 is 0. The van der Waals surface area contributed by atoms with E-state index in [0.717, 1.165) is 18.0 Å². The Hall–Kier alpha value is -2.61. The number of allylic oxidation sites excluding steroid dienone is 1. The van der Waals surface area contributed by atoms with Crippen LogP contribution in [0.3, 0.4) is 0 Å². The summed E-state index contributed by atoms with van der Waals surface area (Å²) in [5, 5.41) is 4.77. The molecule has 2 aliphatic rings. The van der Waals surface area contributed by atoms with Crippen LogP contribution in [0.2, 0.25) is 0 Å². The minimum Gasteiger partial charge on any atom is -0.233 e. The van der Waals surface area contributed by atoms with Gasteiger partial charge in [0.2, 0.25) is 0 Å². The van der Waals surface area contributed by atoms with Crippen LogP contribution in [0.5, 0.6) is 0 Å². The molecular weight excluding hydrogens is 364 g/mol. The second kappa shape index (κ2) is 7.58. The summed E-state index contributed by atoms with van der Waals surface area (Å²) in [5.74, 6) is 1.48. The Labute approximate surface area is 180 Å². The number of hydrogen-bond donors (Lipinski definition) is 0. The molecule has 0 amide bonds. The lowest BCUT2D eigenvalue weighted by atomic mass is 9.67. The maximum Gasteiger partial charge on any atom is 0.0700 e. The van der Waals surface area contributed by atoms with Crippen LogP contribution in [-0.4, -0.2) is 9.78 Å². The summed E-state index contributed by atoms with van der Waals surface area (Å²) in [6.45, 7) is 7.08. The second-order valence-electron chi connectivity index (χ2n) is 9.83. The summed E-state index contributed by atoms with van der Waals surface area (Å²) in [5.41, 5.74) is 8.55. The Morgan fingerprint density at radius 1 is 1.10 bits per heavy atom. The average molecular weight is 397 g/mol. The van der Waals surface area contributed by atoms with Gasteiger partial charge in [0.05, 0.1) is 17.6 Å². The van der Waals surface area contributed by atoms with E-state index >= 15 is 0 Å². The van der Waals surface area contributed by atoms with Crippen LogP contribution in [0.1, 0.15) is 55.5 Å². The molecular formula is C28H32N2. The SMILES string of the molecule is Cc1ccc(-n2ncc3c2C=C2CC[C@H](C[C@H](C)Cc4ccccc4)[C@@]2(C)C3)cc1. The Kier molecular flexibility index (Phi) is 4.89. The molecule has 2 nitrogen and oxygen atoms in total. The third-order valence-electron chi connectivity index (χ3n) is 7.54. The molecule has 0 unspecified atom stereocenters. The summed E-state index contributed by atoms with van der Waals surface area (Å²) in [6.07, 6.45) is 10.8. The minimum absolute atomic E-state index is 0.291. The number of benzene rings is 2. The van der Waals surface area contributed by atoms with Gasteiger partial charge in [0.25, 0.3) is 0 Å². The summed E-state index contributed by atoms with van der Waals surface area (Å²) in [6, 6.07) is 19.7. The van der Waals surface area contributed by atoms with E-state index in [2.05, 4.69) is 92.3 Å². The molecule has 1 saturated carbocycles. The smallest absolute Gasteiger partial charge is 0.0700 e. The van der Waals surface area contributed by atoms with E-state index in [9.17, 15) is 0 Å². The van der Waals surface area contributed by atoms with Crippen molar-refractivity contribution in [3.05, 3.63) is 88.8 Å². The lowest BCUT2D eigenvalue weighted by molar-refractivity contribution is 0.226. The van der Waals surface area contributed by atoms with E-state index in [-0.39, 0.29) is 0 Å². The Morgan fingerprint density at radius 2 is 1.87 bits per heavy atom. The fraction of sp³-hybridized carbons (Fsp3) is 0.393. The van der Waals surface area contributed by atoms with Crippen molar-refractivity contribution in [1.29, 1.82) is 0 Å². The average Bonchev–Trinajstić information content (AvgIpc) is 3.28. The molecule has 3 atom stereocenters. The van der Waals surface area contributed by atoms with Gasteiger partial charge >= 0.3 is 0 Å². The standard InChI is InChI=1S/C28H32N2/c1-20-9-13-26(14-10-20)30-27-17-25-12-11-24(28(25,3)18-23(27)19-29-30)16-21(2)15-22-7-5-4-6-8-22/h4-10,13-14,17,19,21,24H,11-12,15-16,18H2,1-3H3/t21-,24-,28-/m1/s1. The number of aryl methyl sites for hydroxylation is 1. The van der Waals surface area contributed by atoms with Gasteiger partial charge in [0.15, 0.2) is 0 Å². The second-order valence-corrected chi connectivity index (χ2v) is 9.83. The zero-order valence-electron chi connectivity index (χ0n) is 18.4. The van der Waals surface area contributed by atoms with Crippen molar-refractivity contribution in [2.24, 2.45) is 17.3 Å². The van der Waals surface area contributed by atoms with Crippen LogP contribution in [0.25, 0.3) is 11.8 Å². The molecule has 0 bridgehead atoms. The van der Waals surface area contributed by atoms with Crippen molar-refractivity contribution in [2.75, 3.05) is 0 Å². The lowest BCUT2D eigenvalue weighted by Crippen LogP contribution is -2.30. The first-order valence-corrected chi connectivity index (χ1v) is 11.4. The molecule has 5 rings (SSSR count). The fourth-order valence-electron chi connectivity index (χ4n) is 5.79. The zero-order valence-corrected chi connectivity index (χ0v) is 18.4. The number of hydrogen-bond acceptors (Lipinski definition) is 1. The van der Waals surface area contributed by atoms with E-state index in [4.69, 9.17) is 5.10 Å². The van der Waals surface area contributed by atoms with Crippen LogP contribution in [-0.2, 0) is 12.8 Å². The highest BCUT2D eigenvalue weighted by Gasteiger charge is 2.45. The largest absolute Gasteiger partial charge is 0.233 e. The molecule has 0 spiro atoms. The van der Waals surface area contributed by atoms with Gasteiger partial charge in [-0.05, 0) is 85.6 Å². The van der Waals surface area contributed by atoms with E-state index in [1.54, 1.807) is 5.57 Å². The molecule has 0 N–H and O–H groups in total. The van der Waals surface area contributed by atoms with Crippen LogP contribution in [0.4, 0.5) is 0 Å². The molecule has 0 radical (unpaired) electrons. The molecule has 1 heterocycles. The van der Waals surface area contributed by atoms with Gasteiger partial charge in [-0.3, -0.25) is 0 Å². The van der Waals surface area contributed by atoms with Crippen molar-refractivity contribution in [3.63, 3.8) is 0 Å². The first kappa shape index (κ1) is 19.4. The van der Waals surface area contributed by atoms with Crippen molar-refractivity contribution in [3.8, 4) is 5.69 Å². The number of fused-ring (bicyclic) bond motifs is 2. The highest BCUT2D eigenvalue weighted by Crippen LogP contribution is 2.55. The van der Waals surface area contributed by atoms with Crippen LogP contribution < -0.4 is 0 Å². The third-order valence-corrected chi connectivity index (χ3v) is 7.54. The summed E-state index contributed by atoms with van der Waals surface area (Å²) in [7, 11) is 0. The summed E-state index contributed by atoms with van der Waals surface area (Å²) in [4.78, 5) is 0. The fourth-order valence-corrected chi connectivity index (χ4v) is 5.79. The van der Waals surface area contributed by atoms with Crippen molar-refractivity contribution >= 4 is 6.08 Å². The van der Waals surface area contributed by atoms with E-state index < -0.39 is 0 Å². The van der Waals surface area contributed by atoms with Gasteiger partial charge in [-0.1, -0.05) is 67.4 Å². The number of aromatic nitrogens is 2. The van der Waals surface area contributed by atoms with Gasteiger partial charge < -0.3 is 0 Å². The highest BCUT2D eigenvalue weighted by molar-refractivity contribution is 5.61. The monoisotopic (exact) mass is 396 g/mol. The van der Waals surface area contributed by atoms with Gasteiger partial charge in [-0.2, -0.15) is 5.10 Å². The maximum absolute atomic E-state index is 4.77.